The van der Waals surface area contributed by atoms with E-state index in [1.54, 1.807) is 0 Å². The molecule has 0 nitrogen and oxygen atoms in total. The lowest BCUT2D eigenvalue weighted by Crippen LogP contribution is -2.47. The summed E-state index contributed by atoms with van der Waals surface area (Å²) in [7, 11) is 0. The highest BCUT2D eigenvalue weighted by Gasteiger charge is 2.46. The first kappa shape index (κ1) is 16.8. The molecule has 0 amide bonds. The van der Waals surface area contributed by atoms with Gasteiger partial charge in [-0.3, -0.25) is 0 Å². The molecule has 0 aromatic carbocycles. The molecule has 19 heavy (non-hydrogen) atoms. The van der Waals surface area contributed by atoms with Crippen LogP contribution >= 0.6 is 0 Å². The molecule has 112 valence electrons. The number of hydrogen-bond donors (Lipinski definition) is 0. The first-order chi connectivity index (χ1) is 8.73. The van der Waals surface area contributed by atoms with Crippen LogP contribution < -0.4 is 0 Å². The number of hydrogen-bond acceptors (Lipinski definition) is 0. The SMILES string of the molecule is C=C(C(C)CC)C(C)C(C)C(C)C1C(C)C(C)C1C. The minimum Gasteiger partial charge on any atom is -0.0993 e. The lowest BCUT2D eigenvalue weighted by molar-refractivity contribution is -0.0436. The normalized spacial score (nSPS) is 37.1. The van der Waals surface area contributed by atoms with Gasteiger partial charge < -0.3 is 0 Å². The minimum atomic E-state index is 0.653. The van der Waals surface area contributed by atoms with Crippen molar-refractivity contribution in [1.29, 1.82) is 0 Å². The Hall–Kier alpha value is -0.260. The molecule has 0 heteroatoms. The standard InChI is InChI=1S/C19H36/c1-10-11(2)12(3)13(4)14(5)16(7)19-17(8)15(6)18(19)9/h11,13-19H,3,10H2,1-2,4-9H3. The smallest absolute Gasteiger partial charge is 0.0203 e. The van der Waals surface area contributed by atoms with E-state index in [0.29, 0.717) is 11.8 Å². The van der Waals surface area contributed by atoms with Gasteiger partial charge >= 0.3 is 0 Å². The van der Waals surface area contributed by atoms with Gasteiger partial charge in [-0.05, 0) is 53.8 Å². The van der Waals surface area contributed by atoms with Gasteiger partial charge in [-0.25, -0.2) is 0 Å². The van der Waals surface area contributed by atoms with E-state index in [1.165, 1.54) is 12.0 Å². The van der Waals surface area contributed by atoms with Crippen LogP contribution in [0.1, 0.15) is 61.8 Å². The van der Waals surface area contributed by atoms with Gasteiger partial charge in [-0.2, -0.15) is 0 Å². The summed E-state index contributed by atoms with van der Waals surface area (Å²) in [5.74, 6) is 6.51. The van der Waals surface area contributed by atoms with Gasteiger partial charge in [0.25, 0.3) is 0 Å². The second-order valence-corrected chi connectivity index (χ2v) is 7.55. The Labute approximate surface area is 122 Å². The van der Waals surface area contributed by atoms with Crippen molar-refractivity contribution in [2.24, 2.45) is 47.3 Å². The first-order valence-electron chi connectivity index (χ1n) is 8.42. The Morgan fingerprint density at radius 1 is 0.947 bits per heavy atom. The van der Waals surface area contributed by atoms with Crippen LogP contribution in [-0.4, -0.2) is 0 Å². The fourth-order valence-electron chi connectivity index (χ4n) is 4.33. The summed E-state index contributed by atoms with van der Waals surface area (Å²) < 4.78 is 0. The van der Waals surface area contributed by atoms with E-state index >= 15 is 0 Å². The van der Waals surface area contributed by atoms with E-state index in [0.717, 1.165) is 35.5 Å². The molecule has 1 fully saturated rings. The third-order valence-electron chi connectivity index (χ3n) is 6.93. The van der Waals surface area contributed by atoms with E-state index in [4.69, 9.17) is 0 Å². The van der Waals surface area contributed by atoms with Crippen molar-refractivity contribution in [1.82, 2.24) is 0 Å². The highest BCUT2D eigenvalue weighted by molar-refractivity contribution is 5.06. The summed E-state index contributed by atoms with van der Waals surface area (Å²) in [6, 6.07) is 0. The maximum absolute atomic E-state index is 4.39. The van der Waals surface area contributed by atoms with E-state index in [2.05, 4.69) is 62.0 Å². The van der Waals surface area contributed by atoms with Crippen LogP contribution in [0.15, 0.2) is 12.2 Å². The molecule has 1 rings (SSSR count). The van der Waals surface area contributed by atoms with Crippen molar-refractivity contribution in [3.8, 4) is 0 Å². The van der Waals surface area contributed by atoms with Crippen LogP contribution in [0.2, 0.25) is 0 Å². The highest BCUT2D eigenvalue weighted by Crippen LogP contribution is 2.52. The van der Waals surface area contributed by atoms with Gasteiger partial charge in [0.1, 0.15) is 0 Å². The van der Waals surface area contributed by atoms with Gasteiger partial charge in [0.15, 0.2) is 0 Å². The Kier molecular flexibility index (Phi) is 5.71. The molecule has 0 spiro atoms. The largest absolute Gasteiger partial charge is 0.0993 e. The van der Waals surface area contributed by atoms with Gasteiger partial charge in [0.2, 0.25) is 0 Å². The maximum Gasteiger partial charge on any atom is -0.0203 e. The molecule has 0 N–H and O–H groups in total. The van der Waals surface area contributed by atoms with Crippen molar-refractivity contribution >= 4 is 0 Å². The van der Waals surface area contributed by atoms with Gasteiger partial charge in [0.05, 0.1) is 0 Å². The summed E-state index contributed by atoms with van der Waals surface area (Å²) in [6.45, 7) is 23.6. The van der Waals surface area contributed by atoms with Crippen LogP contribution in [0.25, 0.3) is 0 Å². The third kappa shape index (κ3) is 3.09. The maximum atomic E-state index is 4.39. The molecule has 0 heterocycles. The zero-order valence-corrected chi connectivity index (χ0v) is 14.5. The predicted molar refractivity (Wildman–Crippen MR) is 87.1 cm³/mol. The molecule has 6 atom stereocenters. The minimum absolute atomic E-state index is 0.653. The van der Waals surface area contributed by atoms with Crippen LogP contribution in [0.3, 0.4) is 0 Å². The monoisotopic (exact) mass is 264 g/mol. The predicted octanol–water partition coefficient (Wildman–Crippen LogP) is 6.04. The van der Waals surface area contributed by atoms with Crippen LogP contribution in [0.4, 0.5) is 0 Å². The van der Waals surface area contributed by atoms with Crippen LogP contribution in [-0.2, 0) is 0 Å². The Bertz CT molecular complexity index is 293. The fraction of sp³-hybridized carbons (Fsp3) is 0.895. The molecule has 0 radical (unpaired) electrons. The average Bonchev–Trinajstić information content (AvgIpc) is 2.43. The molecule has 1 aliphatic rings. The third-order valence-corrected chi connectivity index (χ3v) is 6.93. The molecular weight excluding hydrogens is 228 g/mol. The Balaban J connectivity index is 2.67. The molecule has 0 saturated heterocycles. The summed E-state index contributed by atoms with van der Waals surface area (Å²) in [6.07, 6.45) is 1.22. The van der Waals surface area contributed by atoms with Crippen molar-refractivity contribution in [2.45, 2.75) is 61.8 Å². The first-order valence-corrected chi connectivity index (χ1v) is 8.42. The van der Waals surface area contributed by atoms with Crippen molar-refractivity contribution in [2.75, 3.05) is 0 Å². The molecule has 1 aliphatic carbocycles. The van der Waals surface area contributed by atoms with Crippen LogP contribution in [0, 0.1) is 47.3 Å². The molecule has 0 aromatic heterocycles. The van der Waals surface area contributed by atoms with Gasteiger partial charge in [-0.1, -0.05) is 67.5 Å². The molecule has 0 aliphatic heterocycles. The van der Waals surface area contributed by atoms with E-state index in [9.17, 15) is 0 Å². The fourth-order valence-corrected chi connectivity index (χ4v) is 4.33. The topological polar surface area (TPSA) is 0 Å². The summed E-state index contributed by atoms with van der Waals surface area (Å²) in [4.78, 5) is 0. The quantitative estimate of drug-likeness (QED) is 0.513. The van der Waals surface area contributed by atoms with Gasteiger partial charge in [-0.15, -0.1) is 0 Å². The van der Waals surface area contributed by atoms with E-state index < -0.39 is 0 Å². The lowest BCUT2D eigenvalue weighted by atomic mass is 9.52. The lowest BCUT2D eigenvalue weighted by Gasteiger charge is -2.53. The van der Waals surface area contributed by atoms with E-state index in [-0.39, 0.29) is 0 Å². The molecule has 1 saturated carbocycles. The van der Waals surface area contributed by atoms with Gasteiger partial charge in [0, 0.05) is 0 Å². The van der Waals surface area contributed by atoms with Crippen LogP contribution in [0.5, 0.6) is 0 Å². The second-order valence-electron chi connectivity index (χ2n) is 7.55. The van der Waals surface area contributed by atoms with E-state index in [1.807, 2.05) is 0 Å². The van der Waals surface area contributed by atoms with Crippen molar-refractivity contribution < 1.29 is 0 Å². The molecular formula is C19H36. The molecule has 0 aromatic rings. The number of rotatable bonds is 6. The molecule has 6 unspecified atom stereocenters. The highest BCUT2D eigenvalue weighted by atomic mass is 14.5. The van der Waals surface area contributed by atoms with Crippen molar-refractivity contribution in [3.63, 3.8) is 0 Å². The zero-order valence-electron chi connectivity index (χ0n) is 14.5. The summed E-state index contributed by atoms with van der Waals surface area (Å²) in [5.41, 5.74) is 1.47. The number of allylic oxidation sites excluding steroid dienone is 1. The average molecular weight is 264 g/mol. The summed E-state index contributed by atoms with van der Waals surface area (Å²) in [5, 5.41) is 0. The Morgan fingerprint density at radius 2 is 1.42 bits per heavy atom. The summed E-state index contributed by atoms with van der Waals surface area (Å²) >= 11 is 0. The molecule has 0 bridgehead atoms. The Morgan fingerprint density at radius 3 is 1.84 bits per heavy atom. The van der Waals surface area contributed by atoms with Crippen molar-refractivity contribution in [3.05, 3.63) is 12.2 Å². The second kappa shape index (κ2) is 6.46. The zero-order chi connectivity index (χ0) is 14.9.